The smallest absolute Gasteiger partial charge is 0.255 e. The zero-order chi connectivity index (χ0) is 14.7. The third-order valence-electron chi connectivity index (χ3n) is 4.15. The first kappa shape index (κ1) is 15.5. The van der Waals surface area contributed by atoms with Gasteiger partial charge in [-0.1, -0.05) is 26.0 Å². The molecular weight excluding hydrogens is 316 g/mol. The lowest BCUT2D eigenvalue weighted by Gasteiger charge is -2.40. The van der Waals surface area contributed by atoms with Gasteiger partial charge >= 0.3 is 0 Å². The average Bonchev–Trinajstić information content (AvgIpc) is 2.48. The number of nitrogens with one attached hydrogen (secondary N) is 1. The number of amides is 1. The van der Waals surface area contributed by atoms with Gasteiger partial charge < -0.3 is 10.2 Å². The maximum atomic E-state index is 12.9. The van der Waals surface area contributed by atoms with E-state index in [2.05, 4.69) is 35.1 Å². The Kier molecular flexibility index (Phi) is 5.22. The van der Waals surface area contributed by atoms with Crippen molar-refractivity contribution in [3.63, 3.8) is 0 Å². The van der Waals surface area contributed by atoms with E-state index in [9.17, 15) is 4.79 Å². The quantitative estimate of drug-likeness (QED) is 0.916. The summed E-state index contributed by atoms with van der Waals surface area (Å²) in [5.41, 5.74) is 1.88. The topological polar surface area (TPSA) is 32.3 Å². The molecule has 1 saturated heterocycles. The zero-order valence-corrected chi connectivity index (χ0v) is 14.0. The highest BCUT2D eigenvalue weighted by Crippen LogP contribution is 2.24. The first-order chi connectivity index (χ1) is 9.58. The van der Waals surface area contributed by atoms with Crippen LogP contribution in [0.2, 0.25) is 0 Å². The molecule has 1 aliphatic rings. The molecule has 1 fully saturated rings. The first-order valence-corrected chi connectivity index (χ1v) is 8.17. The Hall–Kier alpha value is -0.870. The maximum absolute atomic E-state index is 12.9. The van der Waals surface area contributed by atoms with Crippen molar-refractivity contribution in [2.75, 3.05) is 13.1 Å². The minimum Gasteiger partial charge on any atom is -0.333 e. The molecule has 0 spiro atoms. The minimum atomic E-state index is 0.146. The molecule has 0 aromatic heterocycles. The van der Waals surface area contributed by atoms with Gasteiger partial charge in [0, 0.05) is 29.6 Å². The van der Waals surface area contributed by atoms with Gasteiger partial charge in [-0.05, 0) is 47.3 Å². The van der Waals surface area contributed by atoms with Crippen LogP contribution in [0.15, 0.2) is 22.7 Å². The molecule has 3 nitrogen and oxygen atoms in total. The number of benzene rings is 1. The standard InChI is InChI=1S/C16H23BrN2O/c1-4-12-10-19(13(5-2)9-18-12)16(20)14-8-6-7-11(3)15(14)17/h6-8,12-13,18H,4-5,9-10H2,1-3H3. The lowest BCUT2D eigenvalue weighted by Crippen LogP contribution is -2.57. The van der Waals surface area contributed by atoms with Crippen molar-refractivity contribution in [1.29, 1.82) is 0 Å². The van der Waals surface area contributed by atoms with Crippen molar-refractivity contribution in [3.05, 3.63) is 33.8 Å². The molecule has 4 heteroatoms. The van der Waals surface area contributed by atoms with Gasteiger partial charge in [0.05, 0.1) is 5.56 Å². The molecule has 0 radical (unpaired) electrons. The molecule has 0 bridgehead atoms. The van der Waals surface area contributed by atoms with Gasteiger partial charge in [0.25, 0.3) is 5.91 Å². The summed E-state index contributed by atoms with van der Waals surface area (Å²) >= 11 is 3.56. The number of halogens is 1. The molecule has 0 aliphatic carbocycles. The van der Waals surface area contributed by atoms with Gasteiger partial charge in [0.2, 0.25) is 0 Å². The van der Waals surface area contributed by atoms with E-state index in [0.717, 1.165) is 41.5 Å². The monoisotopic (exact) mass is 338 g/mol. The fourth-order valence-electron chi connectivity index (χ4n) is 2.72. The fourth-order valence-corrected chi connectivity index (χ4v) is 3.15. The molecule has 20 heavy (non-hydrogen) atoms. The van der Waals surface area contributed by atoms with Crippen LogP contribution in [0.4, 0.5) is 0 Å². The van der Waals surface area contributed by atoms with Gasteiger partial charge in [0.15, 0.2) is 0 Å². The number of hydrogen-bond donors (Lipinski definition) is 1. The van der Waals surface area contributed by atoms with Crippen LogP contribution in [0.1, 0.15) is 42.6 Å². The summed E-state index contributed by atoms with van der Waals surface area (Å²) in [6.07, 6.45) is 2.04. The molecule has 0 saturated carbocycles. The highest BCUT2D eigenvalue weighted by Gasteiger charge is 2.30. The maximum Gasteiger partial charge on any atom is 0.255 e. The summed E-state index contributed by atoms with van der Waals surface area (Å²) in [5, 5.41) is 3.53. The van der Waals surface area contributed by atoms with E-state index in [1.165, 1.54) is 0 Å². The van der Waals surface area contributed by atoms with Gasteiger partial charge in [0.1, 0.15) is 0 Å². The number of aryl methyl sites for hydroxylation is 1. The second-order valence-electron chi connectivity index (χ2n) is 5.47. The van der Waals surface area contributed by atoms with Gasteiger partial charge in [-0.15, -0.1) is 0 Å². The molecule has 2 atom stereocenters. The Labute approximate surface area is 129 Å². The van der Waals surface area contributed by atoms with Crippen LogP contribution in [0, 0.1) is 6.92 Å². The predicted octanol–water partition coefficient (Wildman–Crippen LogP) is 3.36. The minimum absolute atomic E-state index is 0.146. The third-order valence-corrected chi connectivity index (χ3v) is 5.20. The Morgan fingerprint density at radius 2 is 2.15 bits per heavy atom. The molecule has 1 heterocycles. The lowest BCUT2D eigenvalue weighted by molar-refractivity contribution is 0.0575. The van der Waals surface area contributed by atoms with Crippen LogP contribution in [0.3, 0.4) is 0 Å². The third kappa shape index (κ3) is 3.07. The average molecular weight is 339 g/mol. The van der Waals surface area contributed by atoms with Crippen molar-refractivity contribution < 1.29 is 4.79 Å². The summed E-state index contributed by atoms with van der Waals surface area (Å²) in [6, 6.07) is 6.58. The van der Waals surface area contributed by atoms with Gasteiger partial charge in [-0.3, -0.25) is 4.79 Å². The van der Waals surface area contributed by atoms with Crippen LogP contribution < -0.4 is 5.32 Å². The Morgan fingerprint density at radius 1 is 1.40 bits per heavy atom. The van der Waals surface area contributed by atoms with Crippen LogP contribution in [-0.2, 0) is 0 Å². The van der Waals surface area contributed by atoms with Crippen LogP contribution in [0.25, 0.3) is 0 Å². The number of carbonyl (C=O) groups is 1. The summed E-state index contributed by atoms with van der Waals surface area (Å²) in [4.78, 5) is 14.9. The predicted molar refractivity (Wildman–Crippen MR) is 86.1 cm³/mol. The van der Waals surface area contributed by atoms with Gasteiger partial charge in [-0.25, -0.2) is 0 Å². The van der Waals surface area contributed by atoms with E-state index in [0.29, 0.717) is 6.04 Å². The van der Waals surface area contributed by atoms with Crippen molar-refractivity contribution >= 4 is 21.8 Å². The molecule has 1 aliphatic heterocycles. The molecule has 110 valence electrons. The Balaban J connectivity index is 2.27. The number of rotatable bonds is 3. The Morgan fingerprint density at radius 3 is 2.80 bits per heavy atom. The second-order valence-corrected chi connectivity index (χ2v) is 6.26. The van der Waals surface area contributed by atoms with Crippen LogP contribution in [-0.4, -0.2) is 36.0 Å². The summed E-state index contributed by atoms with van der Waals surface area (Å²) < 4.78 is 0.923. The lowest BCUT2D eigenvalue weighted by atomic mass is 10.0. The summed E-state index contributed by atoms with van der Waals surface area (Å²) in [5.74, 6) is 0.146. The zero-order valence-electron chi connectivity index (χ0n) is 12.4. The largest absolute Gasteiger partial charge is 0.333 e. The number of nitrogens with zero attached hydrogens (tertiary/aromatic N) is 1. The van der Waals surface area contributed by atoms with E-state index in [1.54, 1.807) is 0 Å². The second kappa shape index (κ2) is 6.72. The summed E-state index contributed by atoms with van der Waals surface area (Å²) in [7, 11) is 0. The number of piperazine rings is 1. The molecule has 2 rings (SSSR count). The fraction of sp³-hybridized carbons (Fsp3) is 0.562. The van der Waals surface area contributed by atoms with Crippen molar-refractivity contribution in [2.45, 2.75) is 45.7 Å². The van der Waals surface area contributed by atoms with Gasteiger partial charge in [-0.2, -0.15) is 0 Å². The summed E-state index contributed by atoms with van der Waals surface area (Å²) in [6.45, 7) is 8.02. The Bertz CT molecular complexity index is 489. The number of carbonyl (C=O) groups excluding carboxylic acids is 1. The first-order valence-electron chi connectivity index (χ1n) is 7.37. The van der Waals surface area contributed by atoms with E-state index in [-0.39, 0.29) is 11.9 Å². The van der Waals surface area contributed by atoms with E-state index >= 15 is 0 Å². The SMILES string of the molecule is CCC1CN(C(=O)c2cccc(C)c2Br)C(CC)CN1. The highest BCUT2D eigenvalue weighted by atomic mass is 79.9. The molecular formula is C16H23BrN2O. The van der Waals surface area contributed by atoms with Crippen LogP contribution in [0.5, 0.6) is 0 Å². The van der Waals surface area contributed by atoms with Crippen molar-refractivity contribution in [1.82, 2.24) is 10.2 Å². The molecule has 2 unspecified atom stereocenters. The van der Waals surface area contributed by atoms with Crippen molar-refractivity contribution in [3.8, 4) is 0 Å². The molecule has 1 aromatic rings. The van der Waals surface area contributed by atoms with Crippen LogP contribution >= 0.6 is 15.9 Å². The highest BCUT2D eigenvalue weighted by molar-refractivity contribution is 9.10. The van der Waals surface area contributed by atoms with E-state index in [4.69, 9.17) is 0 Å². The van der Waals surface area contributed by atoms with E-state index < -0.39 is 0 Å². The molecule has 1 aromatic carbocycles. The molecule has 1 N–H and O–H groups in total. The molecule has 1 amide bonds. The normalized spacial score (nSPS) is 22.9. The number of hydrogen-bond acceptors (Lipinski definition) is 2. The van der Waals surface area contributed by atoms with Crippen molar-refractivity contribution in [2.24, 2.45) is 0 Å². The van der Waals surface area contributed by atoms with E-state index in [1.807, 2.05) is 30.0 Å².